The maximum Gasteiger partial charge on any atom is 0.248 e. The van der Waals surface area contributed by atoms with Crippen molar-refractivity contribution in [3.63, 3.8) is 0 Å². The maximum atomic E-state index is 6.41. The first-order valence-electron chi connectivity index (χ1n) is 11.1. The topological polar surface area (TPSA) is 80.4 Å². The van der Waals surface area contributed by atoms with Crippen LogP contribution in [-0.2, 0) is 0 Å². The monoisotopic (exact) mass is 438 g/mol. The fourth-order valence-corrected chi connectivity index (χ4v) is 4.30. The first-order valence-corrected chi connectivity index (χ1v) is 11.1. The van der Waals surface area contributed by atoms with E-state index in [0.29, 0.717) is 23.1 Å². The van der Waals surface area contributed by atoms with Crippen LogP contribution in [0.15, 0.2) is 91.5 Å². The van der Waals surface area contributed by atoms with Gasteiger partial charge in [-0.25, -0.2) is 4.98 Å². The molecule has 33 heavy (non-hydrogen) atoms. The van der Waals surface area contributed by atoms with E-state index in [2.05, 4.69) is 85.4 Å². The van der Waals surface area contributed by atoms with Crippen LogP contribution in [0.4, 0.5) is 11.5 Å². The summed E-state index contributed by atoms with van der Waals surface area (Å²) in [6.45, 7) is 3.39. The number of pyridine rings is 1. The summed E-state index contributed by atoms with van der Waals surface area (Å²) in [4.78, 5) is 17.5. The van der Waals surface area contributed by atoms with Crippen LogP contribution in [0, 0.1) is 0 Å². The summed E-state index contributed by atoms with van der Waals surface area (Å²) >= 11 is 0. The van der Waals surface area contributed by atoms with Crippen LogP contribution in [0.2, 0.25) is 0 Å². The fraction of sp³-hybridized carbons (Fsp3) is 0.192. The normalized spacial score (nSPS) is 14.4. The second kappa shape index (κ2) is 9.67. The average Bonchev–Trinajstić information content (AvgIpc) is 2.88. The Kier molecular flexibility index (Phi) is 6.12. The maximum absolute atomic E-state index is 6.41. The summed E-state index contributed by atoms with van der Waals surface area (Å²) in [5.74, 6) is 1.65. The fourth-order valence-electron chi connectivity index (χ4n) is 4.30. The highest BCUT2D eigenvalue weighted by molar-refractivity contribution is 5.68. The quantitative estimate of drug-likeness (QED) is 0.484. The van der Waals surface area contributed by atoms with Crippen LogP contribution in [0.5, 0.6) is 11.6 Å². The Morgan fingerprint density at radius 1 is 0.788 bits per heavy atom. The number of rotatable bonds is 6. The summed E-state index contributed by atoms with van der Waals surface area (Å²) in [7, 11) is 0. The average molecular weight is 439 g/mol. The number of benzene rings is 2. The van der Waals surface area contributed by atoms with Gasteiger partial charge in [0, 0.05) is 32.4 Å². The summed E-state index contributed by atoms with van der Waals surface area (Å²) in [5, 5.41) is 0. The van der Waals surface area contributed by atoms with Crippen molar-refractivity contribution >= 4 is 11.5 Å². The highest BCUT2D eigenvalue weighted by atomic mass is 16.5. The number of anilines is 2. The van der Waals surface area contributed by atoms with Gasteiger partial charge in [0.15, 0.2) is 5.82 Å². The van der Waals surface area contributed by atoms with E-state index in [1.165, 1.54) is 17.5 Å². The lowest BCUT2D eigenvalue weighted by molar-refractivity contribution is 0.212. The molecule has 5 rings (SSSR count). The Bertz CT molecular complexity index is 1130. The van der Waals surface area contributed by atoms with Crippen molar-refractivity contribution in [3.8, 4) is 11.6 Å². The minimum atomic E-state index is 0.210. The van der Waals surface area contributed by atoms with Crippen molar-refractivity contribution in [2.75, 3.05) is 36.8 Å². The van der Waals surface area contributed by atoms with Crippen LogP contribution in [-0.4, -0.2) is 46.0 Å². The van der Waals surface area contributed by atoms with Gasteiger partial charge in [0.25, 0.3) is 0 Å². The van der Waals surface area contributed by atoms with E-state index in [9.17, 15) is 0 Å². The van der Waals surface area contributed by atoms with E-state index in [1.807, 2.05) is 12.1 Å². The number of nitrogen functional groups attached to an aromatic ring is 1. The molecule has 0 aliphatic carbocycles. The molecule has 0 spiro atoms. The van der Waals surface area contributed by atoms with E-state index < -0.39 is 0 Å². The highest BCUT2D eigenvalue weighted by Crippen LogP contribution is 2.34. The first-order chi connectivity index (χ1) is 16.3. The molecule has 0 radical (unpaired) electrons. The van der Waals surface area contributed by atoms with E-state index >= 15 is 0 Å². The lowest BCUT2D eigenvalue weighted by atomic mass is 9.96. The summed E-state index contributed by atoms with van der Waals surface area (Å²) in [6, 6.07) is 25.2. The third kappa shape index (κ3) is 4.63. The number of hydrogen-bond acceptors (Lipinski definition) is 7. The minimum Gasteiger partial charge on any atom is -0.435 e. The number of aromatic nitrogens is 3. The van der Waals surface area contributed by atoms with Gasteiger partial charge in [-0.15, -0.1) is 0 Å². The van der Waals surface area contributed by atoms with Crippen molar-refractivity contribution in [1.82, 2.24) is 19.9 Å². The molecule has 2 aromatic carbocycles. The molecule has 7 nitrogen and oxygen atoms in total. The van der Waals surface area contributed by atoms with Crippen LogP contribution >= 0.6 is 0 Å². The Morgan fingerprint density at radius 3 is 2.06 bits per heavy atom. The second-order valence-corrected chi connectivity index (χ2v) is 7.95. The molecule has 166 valence electrons. The van der Waals surface area contributed by atoms with Gasteiger partial charge in [0.2, 0.25) is 5.88 Å². The van der Waals surface area contributed by atoms with E-state index in [4.69, 9.17) is 10.5 Å². The van der Waals surface area contributed by atoms with Gasteiger partial charge in [-0.3, -0.25) is 9.88 Å². The molecule has 7 heteroatoms. The Morgan fingerprint density at radius 2 is 1.45 bits per heavy atom. The predicted molar refractivity (Wildman–Crippen MR) is 129 cm³/mol. The molecule has 2 N–H and O–H groups in total. The Balaban J connectivity index is 1.34. The Hall–Kier alpha value is -3.97. The zero-order valence-electron chi connectivity index (χ0n) is 18.3. The molecule has 0 amide bonds. The third-order valence-electron chi connectivity index (χ3n) is 5.88. The van der Waals surface area contributed by atoms with Gasteiger partial charge in [0.05, 0.1) is 12.2 Å². The van der Waals surface area contributed by atoms with Crippen LogP contribution in [0.3, 0.4) is 0 Å². The molecule has 2 aromatic heterocycles. The molecule has 3 heterocycles. The van der Waals surface area contributed by atoms with Crippen molar-refractivity contribution in [1.29, 1.82) is 0 Å². The summed E-state index contributed by atoms with van der Waals surface area (Å²) in [5.41, 5.74) is 9.45. The molecule has 1 aliphatic rings. The van der Waals surface area contributed by atoms with Crippen molar-refractivity contribution in [3.05, 3.63) is 103 Å². The van der Waals surface area contributed by atoms with Gasteiger partial charge in [-0.1, -0.05) is 60.7 Å². The van der Waals surface area contributed by atoms with Gasteiger partial charge in [-0.2, -0.15) is 4.98 Å². The van der Waals surface area contributed by atoms with E-state index in [0.717, 1.165) is 26.2 Å². The number of ether oxygens (including phenoxy) is 1. The zero-order chi connectivity index (χ0) is 22.5. The predicted octanol–water partition coefficient (Wildman–Crippen LogP) is 4.16. The lowest BCUT2D eigenvalue weighted by Gasteiger charge is -2.40. The molecule has 1 aliphatic heterocycles. The van der Waals surface area contributed by atoms with Crippen molar-refractivity contribution in [2.24, 2.45) is 0 Å². The molecule has 0 atom stereocenters. The second-order valence-electron chi connectivity index (χ2n) is 7.95. The van der Waals surface area contributed by atoms with Gasteiger partial charge in [0.1, 0.15) is 17.8 Å². The SMILES string of the molecule is Nc1c(Oc2cccnc2)ncnc1N1CCN(C(c2ccccc2)c2ccccc2)CC1. The zero-order valence-corrected chi connectivity index (χ0v) is 18.3. The standard InChI is InChI=1S/C26H26N6O/c27-23-25(29-19-30-26(23)33-22-12-7-13-28-18-22)32-16-14-31(15-17-32)24(20-8-3-1-4-9-20)21-10-5-2-6-11-21/h1-13,18-19,24H,14-17,27H2. The molecular weight excluding hydrogens is 412 g/mol. The molecule has 0 saturated carbocycles. The van der Waals surface area contributed by atoms with Crippen molar-refractivity contribution < 1.29 is 4.74 Å². The molecular formula is C26H26N6O. The largest absolute Gasteiger partial charge is 0.435 e. The lowest BCUT2D eigenvalue weighted by Crippen LogP contribution is -2.48. The number of nitrogens with two attached hydrogens (primary N) is 1. The number of piperazine rings is 1. The number of hydrogen-bond donors (Lipinski definition) is 1. The van der Waals surface area contributed by atoms with Gasteiger partial charge in [-0.05, 0) is 23.3 Å². The van der Waals surface area contributed by atoms with Crippen molar-refractivity contribution in [2.45, 2.75) is 6.04 Å². The van der Waals surface area contributed by atoms with Crippen LogP contribution < -0.4 is 15.4 Å². The summed E-state index contributed by atoms with van der Waals surface area (Å²) < 4.78 is 5.84. The van der Waals surface area contributed by atoms with Crippen LogP contribution in [0.25, 0.3) is 0 Å². The smallest absolute Gasteiger partial charge is 0.248 e. The molecule has 0 unspecified atom stereocenters. The number of nitrogens with zero attached hydrogens (tertiary/aromatic N) is 5. The Labute approximate surface area is 193 Å². The van der Waals surface area contributed by atoms with Gasteiger partial charge >= 0.3 is 0 Å². The van der Waals surface area contributed by atoms with Gasteiger partial charge < -0.3 is 15.4 Å². The van der Waals surface area contributed by atoms with E-state index in [1.54, 1.807) is 12.4 Å². The molecule has 1 saturated heterocycles. The van der Waals surface area contributed by atoms with E-state index in [-0.39, 0.29) is 6.04 Å². The highest BCUT2D eigenvalue weighted by Gasteiger charge is 2.28. The third-order valence-corrected chi connectivity index (χ3v) is 5.88. The molecule has 1 fully saturated rings. The minimum absolute atomic E-state index is 0.210. The first kappa shape index (κ1) is 20.9. The van der Waals surface area contributed by atoms with Crippen LogP contribution in [0.1, 0.15) is 17.2 Å². The molecule has 0 bridgehead atoms. The molecule has 4 aromatic rings. The summed E-state index contributed by atoms with van der Waals surface area (Å²) in [6.07, 6.45) is 4.83.